The number of methoxy groups -OCH3 is 1. The summed E-state index contributed by atoms with van der Waals surface area (Å²) in [6.07, 6.45) is -4.06. The fraction of sp³-hybridized carbons (Fsp3) is 0.316. The molecule has 0 saturated carbocycles. The van der Waals surface area contributed by atoms with Crippen molar-refractivity contribution in [2.75, 3.05) is 20.2 Å². The molecule has 1 aliphatic heterocycles. The van der Waals surface area contributed by atoms with Crippen molar-refractivity contribution in [2.45, 2.75) is 28.8 Å². The number of benzene rings is 2. The third-order valence-corrected chi connectivity index (χ3v) is 5.34. The standard InChI is InChI=1S/C19H18F3NO2S/c1-25-16-11-13-7-9-23(18(24)19(20,21)22)10-8-14(13)12-17(16)26-15-5-3-2-4-6-15/h2-6,11-12H,7-10H2,1H3. The molecule has 138 valence electrons. The molecule has 0 bridgehead atoms. The first kappa shape index (κ1) is 18.6. The Hall–Kier alpha value is -2.15. The molecular weight excluding hydrogens is 363 g/mol. The first-order valence-electron chi connectivity index (χ1n) is 8.17. The highest BCUT2D eigenvalue weighted by Crippen LogP contribution is 2.38. The molecule has 0 aliphatic carbocycles. The van der Waals surface area contributed by atoms with E-state index in [-0.39, 0.29) is 13.1 Å². The third kappa shape index (κ3) is 4.15. The number of fused-ring (bicyclic) bond motifs is 1. The van der Waals surface area contributed by atoms with E-state index in [1.165, 1.54) is 0 Å². The minimum atomic E-state index is -4.83. The van der Waals surface area contributed by atoms with Crippen molar-refractivity contribution in [3.8, 4) is 5.75 Å². The molecule has 2 aromatic carbocycles. The number of nitrogens with zero attached hydrogens (tertiary/aromatic N) is 1. The van der Waals surface area contributed by atoms with E-state index < -0.39 is 12.1 Å². The van der Waals surface area contributed by atoms with E-state index in [0.717, 1.165) is 25.8 Å². The molecule has 0 spiro atoms. The zero-order valence-electron chi connectivity index (χ0n) is 14.2. The van der Waals surface area contributed by atoms with E-state index in [1.807, 2.05) is 42.5 Å². The SMILES string of the molecule is COc1cc2c(cc1Sc1ccccc1)CCN(C(=O)C(F)(F)F)CC2. The Labute approximate surface area is 154 Å². The monoisotopic (exact) mass is 381 g/mol. The van der Waals surface area contributed by atoms with Gasteiger partial charge in [0, 0.05) is 18.0 Å². The molecule has 0 radical (unpaired) electrons. The fourth-order valence-corrected chi connectivity index (χ4v) is 3.96. The van der Waals surface area contributed by atoms with Crippen LogP contribution in [0.5, 0.6) is 5.75 Å². The average Bonchev–Trinajstić information content (AvgIpc) is 2.82. The highest BCUT2D eigenvalue weighted by Gasteiger charge is 2.42. The van der Waals surface area contributed by atoms with E-state index in [9.17, 15) is 18.0 Å². The molecule has 1 amide bonds. The number of hydrogen-bond acceptors (Lipinski definition) is 3. The van der Waals surface area contributed by atoms with Gasteiger partial charge >= 0.3 is 12.1 Å². The first-order valence-corrected chi connectivity index (χ1v) is 8.99. The van der Waals surface area contributed by atoms with E-state index >= 15 is 0 Å². The average molecular weight is 381 g/mol. The predicted molar refractivity (Wildman–Crippen MR) is 93.6 cm³/mol. The van der Waals surface area contributed by atoms with Gasteiger partial charge in [-0.2, -0.15) is 13.2 Å². The van der Waals surface area contributed by atoms with Crippen LogP contribution in [0.4, 0.5) is 13.2 Å². The molecule has 0 atom stereocenters. The maximum Gasteiger partial charge on any atom is 0.471 e. The lowest BCUT2D eigenvalue weighted by Crippen LogP contribution is -2.42. The molecule has 26 heavy (non-hydrogen) atoms. The Kier molecular flexibility index (Phi) is 5.46. The van der Waals surface area contributed by atoms with Gasteiger partial charge in [0.25, 0.3) is 0 Å². The highest BCUT2D eigenvalue weighted by atomic mass is 32.2. The Bertz CT molecular complexity index is 793. The van der Waals surface area contributed by atoms with Gasteiger partial charge < -0.3 is 9.64 Å². The van der Waals surface area contributed by atoms with Crippen LogP contribution in [-0.4, -0.2) is 37.2 Å². The van der Waals surface area contributed by atoms with Gasteiger partial charge in [0.15, 0.2) is 0 Å². The third-order valence-electron chi connectivity index (χ3n) is 4.29. The van der Waals surface area contributed by atoms with Crippen molar-refractivity contribution in [3.63, 3.8) is 0 Å². The highest BCUT2D eigenvalue weighted by molar-refractivity contribution is 7.99. The normalized spacial score (nSPS) is 14.5. The summed E-state index contributed by atoms with van der Waals surface area (Å²) in [6.45, 7) is 0.118. The molecule has 0 aromatic heterocycles. The minimum absolute atomic E-state index is 0.0552. The molecule has 1 heterocycles. The Morgan fingerprint density at radius 1 is 1.08 bits per heavy atom. The van der Waals surface area contributed by atoms with Crippen LogP contribution in [-0.2, 0) is 17.6 Å². The van der Waals surface area contributed by atoms with Gasteiger partial charge in [-0.25, -0.2) is 0 Å². The van der Waals surface area contributed by atoms with E-state index in [4.69, 9.17) is 4.74 Å². The smallest absolute Gasteiger partial charge is 0.471 e. The first-order chi connectivity index (χ1) is 12.4. The molecule has 3 rings (SSSR count). The van der Waals surface area contributed by atoms with Crippen LogP contribution < -0.4 is 4.74 Å². The second-order valence-electron chi connectivity index (χ2n) is 5.98. The zero-order valence-corrected chi connectivity index (χ0v) is 15.0. The summed E-state index contributed by atoms with van der Waals surface area (Å²) in [5, 5.41) is 0. The number of hydrogen-bond donors (Lipinski definition) is 0. The van der Waals surface area contributed by atoms with Crippen LogP contribution >= 0.6 is 11.8 Å². The summed E-state index contributed by atoms with van der Waals surface area (Å²) in [5.74, 6) is -1.08. The van der Waals surface area contributed by atoms with E-state index in [2.05, 4.69) is 0 Å². The zero-order chi connectivity index (χ0) is 18.7. The summed E-state index contributed by atoms with van der Waals surface area (Å²) in [4.78, 5) is 14.4. The second-order valence-corrected chi connectivity index (χ2v) is 7.09. The summed E-state index contributed by atoms with van der Waals surface area (Å²) >= 11 is 1.54. The van der Waals surface area contributed by atoms with Crippen LogP contribution in [0.1, 0.15) is 11.1 Å². The van der Waals surface area contributed by atoms with Crippen molar-refractivity contribution in [1.82, 2.24) is 4.90 Å². The number of ether oxygens (including phenoxy) is 1. The quantitative estimate of drug-likeness (QED) is 0.792. The Morgan fingerprint density at radius 2 is 1.69 bits per heavy atom. The molecule has 0 saturated heterocycles. The molecular formula is C19H18F3NO2S. The molecule has 2 aromatic rings. The number of carbonyl (C=O) groups is 1. The van der Waals surface area contributed by atoms with Crippen molar-refractivity contribution < 1.29 is 22.7 Å². The lowest BCUT2D eigenvalue weighted by Gasteiger charge is -2.21. The minimum Gasteiger partial charge on any atom is -0.496 e. The van der Waals surface area contributed by atoms with Gasteiger partial charge in [0.2, 0.25) is 0 Å². The maximum absolute atomic E-state index is 12.7. The van der Waals surface area contributed by atoms with Crippen molar-refractivity contribution >= 4 is 17.7 Å². The van der Waals surface area contributed by atoms with E-state index in [0.29, 0.717) is 18.6 Å². The van der Waals surface area contributed by atoms with E-state index in [1.54, 1.807) is 18.9 Å². The van der Waals surface area contributed by atoms with Crippen LogP contribution in [0.3, 0.4) is 0 Å². The van der Waals surface area contributed by atoms with Gasteiger partial charge in [0.1, 0.15) is 5.75 Å². The Morgan fingerprint density at radius 3 is 2.27 bits per heavy atom. The van der Waals surface area contributed by atoms with Crippen molar-refractivity contribution in [2.24, 2.45) is 0 Å². The van der Waals surface area contributed by atoms with Crippen LogP contribution in [0, 0.1) is 0 Å². The van der Waals surface area contributed by atoms with Crippen LogP contribution in [0.15, 0.2) is 52.3 Å². The molecule has 1 aliphatic rings. The number of carbonyl (C=O) groups excluding carboxylic acids is 1. The topological polar surface area (TPSA) is 29.5 Å². The number of rotatable bonds is 3. The fourth-order valence-electron chi connectivity index (χ4n) is 2.97. The van der Waals surface area contributed by atoms with Crippen molar-refractivity contribution in [1.29, 1.82) is 0 Å². The van der Waals surface area contributed by atoms with Gasteiger partial charge in [-0.05, 0) is 48.2 Å². The van der Waals surface area contributed by atoms with Crippen molar-refractivity contribution in [3.05, 3.63) is 53.6 Å². The second kappa shape index (κ2) is 7.61. The summed E-state index contributed by atoms with van der Waals surface area (Å²) in [7, 11) is 1.58. The lowest BCUT2D eigenvalue weighted by atomic mass is 10.0. The number of amides is 1. The molecule has 0 unspecified atom stereocenters. The van der Waals surface area contributed by atoms with Gasteiger partial charge in [-0.1, -0.05) is 30.0 Å². The summed E-state index contributed by atoms with van der Waals surface area (Å²) in [5.41, 5.74) is 1.89. The van der Waals surface area contributed by atoms with Gasteiger partial charge in [-0.15, -0.1) is 0 Å². The largest absolute Gasteiger partial charge is 0.496 e. The summed E-state index contributed by atoms with van der Waals surface area (Å²) < 4.78 is 43.6. The Balaban J connectivity index is 1.84. The molecule has 0 N–H and O–H groups in total. The van der Waals surface area contributed by atoms with Crippen LogP contribution in [0.25, 0.3) is 0 Å². The number of halogens is 3. The van der Waals surface area contributed by atoms with Gasteiger partial charge in [-0.3, -0.25) is 4.79 Å². The summed E-state index contributed by atoms with van der Waals surface area (Å²) in [6, 6.07) is 13.6. The molecule has 3 nitrogen and oxygen atoms in total. The molecule has 7 heteroatoms. The van der Waals surface area contributed by atoms with Crippen LogP contribution in [0.2, 0.25) is 0 Å². The lowest BCUT2D eigenvalue weighted by molar-refractivity contribution is -0.185. The van der Waals surface area contributed by atoms with Gasteiger partial charge in [0.05, 0.1) is 12.0 Å². The molecule has 0 fully saturated rings. The maximum atomic E-state index is 12.7. The number of alkyl halides is 3. The predicted octanol–water partition coefficient (Wildman–Crippen LogP) is 4.34.